The number of rotatable bonds is 3. The van der Waals surface area contributed by atoms with E-state index in [0.717, 1.165) is 9.13 Å². The first kappa shape index (κ1) is 14.8. The third kappa shape index (κ3) is 3.50. The second-order valence-electron chi connectivity index (χ2n) is 4.81. The lowest BCUT2D eigenvalue weighted by atomic mass is 10.1. The molecule has 0 spiro atoms. The molecule has 0 radical (unpaired) electrons. The number of phenols is 1. The van der Waals surface area contributed by atoms with Crippen molar-refractivity contribution in [2.24, 2.45) is 0 Å². The molecule has 0 fully saturated rings. The van der Waals surface area contributed by atoms with Crippen molar-refractivity contribution in [1.82, 2.24) is 4.90 Å². The van der Waals surface area contributed by atoms with E-state index in [1.807, 2.05) is 53.8 Å². The summed E-state index contributed by atoms with van der Waals surface area (Å²) in [5, 5.41) is 9.67. The highest BCUT2D eigenvalue weighted by atomic mass is 127. The quantitative estimate of drug-likeness (QED) is 0.826. The first-order valence-corrected chi connectivity index (χ1v) is 7.35. The van der Waals surface area contributed by atoms with Gasteiger partial charge in [-0.05, 0) is 53.3 Å². The summed E-state index contributed by atoms with van der Waals surface area (Å²) in [5.41, 5.74) is 2.78. The Morgan fingerprint density at radius 1 is 1.20 bits per heavy atom. The molecule has 4 heteroatoms. The molecule has 0 heterocycles. The number of phenolic OH excluding ortho intramolecular Hbond substituents is 1. The zero-order valence-corrected chi connectivity index (χ0v) is 13.6. The van der Waals surface area contributed by atoms with E-state index in [-0.39, 0.29) is 11.7 Å². The van der Waals surface area contributed by atoms with Crippen molar-refractivity contribution >= 4 is 28.5 Å². The van der Waals surface area contributed by atoms with Crippen molar-refractivity contribution in [3.05, 3.63) is 62.7 Å². The Hall–Kier alpha value is -1.56. The predicted octanol–water partition coefficient (Wildman–Crippen LogP) is 3.58. The van der Waals surface area contributed by atoms with Crippen LogP contribution < -0.4 is 0 Å². The van der Waals surface area contributed by atoms with E-state index in [0.29, 0.717) is 12.1 Å². The normalized spacial score (nSPS) is 10.3. The van der Waals surface area contributed by atoms with Crippen LogP contribution in [0, 0.1) is 10.5 Å². The zero-order chi connectivity index (χ0) is 14.7. The zero-order valence-electron chi connectivity index (χ0n) is 11.4. The molecule has 0 saturated heterocycles. The number of nitrogens with zero attached hydrogens (tertiary/aromatic N) is 1. The lowest BCUT2D eigenvalue weighted by Gasteiger charge is -2.17. The lowest BCUT2D eigenvalue weighted by molar-refractivity contribution is 0.0784. The largest absolute Gasteiger partial charge is 0.507 e. The van der Waals surface area contributed by atoms with Crippen LogP contribution in [0.25, 0.3) is 0 Å². The van der Waals surface area contributed by atoms with E-state index in [1.165, 1.54) is 11.6 Å². The molecular formula is C16H16INO2. The van der Waals surface area contributed by atoms with Crippen molar-refractivity contribution in [3.63, 3.8) is 0 Å². The van der Waals surface area contributed by atoms with Crippen molar-refractivity contribution in [2.45, 2.75) is 13.5 Å². The minimum atomic E-state index is -0.0997. The Balaban J connectivity index is 2.11. The summed E-state index contributed by atoms with van der Waals surface area (Å²) in [7, 11) is 1.76. The molecule has 1 N–H and O–H groups in total. The van der Waals surface area contributed by atoms with Gasteiger partial charge in [-0.25, -0.2) is 0 Å². The Morgan fingerprint density at radius 3 is 2.45 bits per heavy atom. The summed E-state index contributed by atoms with van der Waals surface area (Å²) in [6.07, 6.45) is 0. The molecule has 0 bridgehead atoms. The minimum Gasteiger partial charge on any atom is -0.507 e. The van der Waals surface area contributed by atoms with Crippen LogP contribution in [0.2, 0.25) is 0 Å². The molecule has 3 nitrogen and oxygen atoms in total. The number of carbonyl (C=O) groups excluding carboxylic acids is 1. The van der Waals surface area contributed by atoms with Gasteiger partial charge in [0.15, 0.2) is 0 Å². The van der Waals surface area contributed by atoms with E-state index in [2.05, 4.69) is 0 Å². The van der Waals surface area contributed by atoms with Crippen LogP contribution >= 0.6 is 22.6 Å². The molecule has 0 aliphatic carbocycles. The third-order valence-electron chi connectivity index (χ3n) is 3.08. The first-order valence-electron chi connectivity index (χ1n) is 6.27. The molecule has 0 saturated carbocycles. The van der Waals surface area contributed by atoms with Crippen LogP contribution in [-0.4, -0.2) is 23.0 Å². The van der Waals surface area contributed by atoms with Crippen LogP contribution in [0.3, 0.4) is 0 Å². The van der Waals surface area contributed by atoms with Gasteiger partial charge in [-0.1, -0.05) is 29.8 Å². The van der Waals surface area contributed by atoms with Gasteiger partial charge in [-0.3, -0.25) is 4.79 Å². The lowest BCUT2D eigenvalue weighted by Crippen LogP contribution is -2.26. The maximum atomic E-state index is 12.3. The summed E-state index contributed by atoms with van der Waals surface area (Å²) >= 11 is 2.03. The maximum absolute atomic E-state index is 12.3. The van der Waals surface area contributed by atoms with E-state index < -0.39 is 0 Å². The molecule has 2 rings (SSSR count). The van der Waals surface area contributed by atoms with Gasteiger partial charge in [0, 0.05) is 19.2 Å². The molecule has 0 atom stereocenters. The summed E-state index contributed by atoms with van der Waals surface area (Å²) in [6.45, 7) is 2.58. The Morgan fingerprint density at radius 2 is 1.85 bits per heavy atom. The highest BCUT2D eigenvalue weighted by Crippen LogP contribution is 2.21. The average Bonchev–Trinajstić information content (AvgIpc) is 2.43. The first-order chi connectivity index (χ1) is 9.47. The van der Waals surface area contributed by atoms with E-state index in [1.54, 1.807) is 24.1 Å². The van der Waals surface area contributed by atoms with Crippen molar-refractivity contribution in [2.75, 3.05) is 7.05 Å². The summed E-state index contributed by atoms with van der Waals surface area (Å²) in [6, 6.07) is 13.1. The van der Waals surface area contributed by atoms with Crippen molar-refractivity contribution in [3.8, 4) is 5.75 Å². The summed E-state index contributed by atoms with van der Waals surface area (Å²) < 4.78 is 0.736. The predicted molar refractivity (Wildman–Crippen MR) is 87.8 cm³/mol. The number of halogens is 1. The number of hydrogen-bond donors (Lipinski definition) is 1. The SMILES string of the molecule is Cc1ccc(CN(C)C(=O)c2ccc(I)c(O)c2)cc1. The van der Waals surface area contributed by atoms with Crippen LogP contribution in [0.15, 0.2) is 42.5 Å². The van der Waals surface area contributed by atoms with Gasteiger partial charge in [-0.2, -0.15) is 0 Å². The Bertz CT molecular complexity index is 623. The third-order valence-corrected chi connectivity index (χ3v) is 3.99. The average molecular weight is 381 g/mol. The summed E-state index contributed by atoms with van der Waals surface area (Å²) in [4.78, 5) is 13.9. The van der Waals surface area contributed by atoms with Gasteiger partial charge in [0.05, 0.1) is 3.57 Å². The number of benzene rings is 2. The van der Waals surface area contributed by atoms with Gasteiger partial charge >= 0.3 is 0 Å². The molecule has 20 heavy (non-hydrogen) atoms. The standard InChI is InChI=1S/C16H16INO2/c1-11-3-5-12(6-4-11)10-18(2)16(20)13-7-8-14(17)15(19)9-13/h3-9,19H,10H2,1-2H3. The number of aromatic hydroxyl groups is 1. The van der Waals surface area contributed by atoms with Gasteiger partial charge in [0.2, 0.25) is 0 Å². The number of hydrogen-bond acceptors (Lipinski definition) is 2. The number of amides is 1. The fraction of sp³-hybridized carbons (Fsp3) is 0.188. The highest BCUT2D eigenvalue weighted by Gasteiger charge is 2.13. The molecule has 0 aliphatic heterocycles. The molecule has 2 aromatic rings. The maximum Gasteiger partial charge on any atom is 0.254 e. The Labute approximate surface area is 132 Å². The van der Waals surface area contributed by atoms with Crippen LogP contribution in [0.4, 0.5) is 0 Å². The van der Waals surface area contributed by atoms with E-state index in [9.17, 15) is 9.90 Å². The minimum absolute atomic E-state index is 0.0997. The van der Waals surface area contributed by atoms with Crippen LogP contribution in [0.5, 0.6) is 5.75 Å². The van der Waals surface area contributed by atoms with Crippen LogP contribution in [0.1, 0.15) is 21.5 Å². The van der Waals surface area contributed by atoms with E-state index in [4.69, 9.17) is 0 Å². The van der Waals surface area contributed by atoms with Gasteiger partial charge < -0.3 is 10.0 Å². The molecule has 2 aromatic carbocycles. The fourth-order valence-electron chi connectivity index (χ4n) is 1.91. The monoisotopic (exact) mass is 381 g/mol. The second kappa shape index (κ2) is 6.26. The molecule has 0 aliphatic rings. The fourth-order valence-corrected chi connectivity index (χ4v) is 2.24. The number of aryl methyl sites for hydroxylation is 1. The topological polar surface area (TPSA) is 40.5 Å². The Kier molecular flexibility index (Phi) is 4.65. The molecule has 104 valence electrons. The highest BCUT2D eigenvalue weighted by molar-refractivity contribution is 14.1. The van der Waals surface area contributed by atoms with E-state index >= 15 is 0 Å². The van der Waals surface area contributed by atoms with Gasteiger partial charge in [0.1, 0.15) is 5.75 Å². The van der Waals surface area contributed by atoms with Gasteiger partial charge in [-0.15, -0.1) is 0 Å². The molecule has 0 aromatic heterocycles. The molecule has 1 amide bonds. The van der Waals surface area contributed by atoms with Crippen molar-refractivity contribution in [1.29, 1.82) is 0 Å². The second-order valence-corrected chi connectivity index (χ2v) is 5.98. The van der Waals surface area contributed by atoms with Crippen molar-refractivity contribution < 1.29 is 9.90 Å². The molecular weight excluding hydrogens is 365 g/mol. The summed E-state index contributed by atoms with van der Waals surface area (Å²) in [5.74, 6) is 0.0393. The smallest absolute Gasteiger partial charge is 0.254 e. The number of carbonyl (C=O) groups is 1. The van der Waals surface area contributed by atoms with Gasteiger partial charge in [0.25, 0.3) is 5.91 Å². The molecule has 0 unspecified atom stereocenters. The van der Waals surface area contributed by atoms with Crippen LogP contribution in [-0.2, 0) is 6.54 Å².